The molecule has 1 saturated heterocycles. The van der Waals surface area contributed by atoms with Crippen LogP contribution in [0.3, 0.4) is 0 Å². The van der Waals surface area contributed by atoms with Crippen LogP contribution in [0.25, 0.3) is 0 Å². The summed E-state index contributed by atoms with van der Waals surface area (Å²) in [7, 11) is 0. The van der Waals surface area contributed by atoms with Gasteiger partial charge in [-0.15, -0.1) is 0 Å². The minimum atomic E-state index is -0.480. The van der Waals surface area contributed by atoms with Gasteiger partial charge < -0.3 is 14.6 Å². The summed E-state index contributed by atoms with van der Waals surface area (Å²) in [6, 6.07) is 5.83. The normalized spacial score (nSPS) is 25.4. The summed E-state index contributed by atoms with van der Waals surface area (Å²) in [6.07, 6.45) is 0.420. The number of ether oxygens (including phenoxy) is 2. The Morgan fingerprint density at radius 3 is 3.07 bits per heavy atom. The average Bonchev–Trinajstić information content (AvgIpc) is 2.94. The lowest BCUT2D eigenvalue weighted by molar-refractivity contribution is 0.136. The Kier molecular flexibility index (Phi) is 1.75. The lowest BCUT2D eigenvalue weighted by atomic mass is 9.99. The van der Waals surface area contributed by atoms with Gasteiger partial charge in [-0.2, -0.15) is 0 Å². The fourth-order valence-electron chi connectivity index (χ4n) is 1.96. The molecule has 0 spiro atoms. The number of rotatable bonds is 2. The topological polar surface area (TPSA) is 42.0 Å². The van der Waals surface area contributed by atoms with Crippen molar-refractivity contribution in [3.05, 3.63) is 29.3 Å². The van der Waals surface area contributed by atoms with Gasteiger partial charge in [0.1, 0.15) is 18.0 Å². The minimum Gasteiger partial charge on any atom is -0.493 e. The molecule has 2 aliphatic heterocycles. The summed E-state index contributed by atoms with van der Waals surface area (Å²) in [5, 5.41) is 9.94. The fraction of sp³-hybridized carbons (Fsp3) is 0.455. The maximum absolute atomic E-state index is 9.94. The van der Waals surface area contributed by atoms with Crippen LogP contribution in [0.2, 0.25) is 0 Å². The Balaban J connectivity index is 2.00. The number of hydrogen-bond acceptors (Lipinski definition) is 3. The molecule has 74 valence electrons. The number of aliphatic hydroxyl groups excluding tert-OH is 1. The maximum atomic E-state index is 9.94. The molecule has 3 rings (SSSR count). The molecular formula is C11H12O3. The monoisotopic (exact) mass is 192 g/mol. The van der Waals surface area contributed by atoms with Crippen molar-refractivity contribution in [2.45, 2.75) is 18.6 Å². The summed E-state index contributed by atoms with van der Waals surface area (Å²) in [6.45, 7) is 1.40. The molecule has 0 aromatic heterocycles. The van der Waals surface area contributed by atoms with Gasteiger partial charge in [0.25, 0.3) is 0 Å². The van der Waals surface area contributed by atoms with Crippen LogP contribution >= 0.6 is 0 Å². The first kappa shape index (κ1) is 8.26. The molecule has 1 N–H and O–H groups in total. The Morgan fingerprint density at radius 2 is 2.29 bits per heavy atom. The molecule has 0 saturated carbocycles. The number of benzene rings is 1. The van der Waals surface area contributed by atoms with Crippen molar-refractivity contribution in [2.75, 3.05) is 13.2 Å². The predicted octanol–water partition coefficient (Wildman–Crippen LogP) is 1.05. The van der Waals surface area contributed by atoms with Crippen molar-refractivity contribution in [2.24, 2.45) is 0 Å². The van der Waals surface area contributed by atoms with Gasteiger partial charge in [-0.05, 0) is 11.6 Å². The van der Waals surface area contributed by atoms with Crippen LogP contribution in [0, 0.1) is 0 Å². The Bertz CT molecular complexity index is 358. The van der Waals surface area contributed by atoms with E-state index in [1.807, 2.05) is 18.2 Å². The van der Waals surface area contributed by atoms with Gasteiger partial charge >= 0.3 is 0 Å². The second kappa shape index (κ2) is 2.97. The zero-order valence-electron chi connectivity index (χ0n) is 7.77. The quantitative estimate of drug-likeness (QED) is 0.712. The first-order valence-corrected chi connectivity index (χ1v) is 4.90. The van der Waals surface area contributed by atoms with Crippen LogP contribution in [0.4, 0.5) is 0 Å². The first-order chi connectivity index (χ1) is 6.86. The average molecular weight is 192 g/mol. The second-order valence-corrected chi connectivity index (χ2v) is 3.74. The van der Waals surface area contributed by atoms with E-state index in [9.17, 15) is 5.11 Å². The van der Waals surface area contributed by atoms with Crippen LogP contribution in [0.1, 0.15) is 17.2 Å². The van der Waals surface area contributed by atoms with Crippen LogP contribution in [-0.2, 0) is 11.2 Å². The van der Waals surface area contributed by atoms with Crippen LogP contribution in [0.15, 0.2) is 18.2 Å². The highest BCUT2D eigenvalue weighted by Gasteiger charge is 2.34. The number of hydrogen-bond donors (Lipinski definition) is 1. The summed E-state index contributed by atoms with van der Waals surface area (Å²) in [5.74, 6) is 0.919. The van der Waals surface area contributed by atoms with E-state index in [1.165, 1.54) is 0 Å². The lowest BCUT2D eigenvalue weighted by Gasteiger charge is -2.11. The molecule has 0 radical (unpaired) electrons. The van der Waals surface area contributed by atoms with Gasteiger partial charge in [0.15, 0.2) is 0 Å². The second-order valence-electron chi connectivity index (χ2n) is 3.74. The number of fused-ring (bicyclic) bond motifs is 1. The highest BCUT2D eigenvalue weighted by molar-refractivity contribution is 5.44. The standard InChI is InChI=1S/C11H12O3/c12-11(10-6-14-10)8-2-1-3-9-7(8)4-5-13-9/h1-3,10-12H,4-6H2. The highest BCUT2D eigenvalue weighted by atomic mass is 16.6. The molecule has 0 amide bonds. The lowest BCUT2D eigenvalue weighted by Crippen LogP contribution is -2.07. The Morgan fingerprint density at radius 1 is 1.43 bits per heavy atom. The molecule has 2 heterocycles. The molecule has 1 aromatic carbocycles. The molecule has 0 aliphatic carbocycles. The zero-order chi connectivity index (χ0) is 9.54. The van der Waals surface area contributed by atoms with Crippen LogP contribution in [-0.4, -0.2) is 24.4 Å². The third-order valence-corrected chi connectivity index (χ3v) is 2.81. The molecule has 2 aliphatic rings. The summed E-state index contributed by atoms with van der Waals surface area (Å²) >= 11 is 0. The SMILES string of the molecule is OC(c1cccc2c1CCO2)C1CO1. The fourth-order valence-corrected chi connectivity index (χ4v) is 1.96. The van der Waals surface area contributed by atoms with Crippen molar-refractivity contribution in [1.82, 2.24) is 0 Å². The number of epoxide rings is 1. The van der Waals surface area contributed by atoms with E-state index < -0.39 is 6.10 Å². The van der Waals surface area contributed by atoms with Gasteiger partial charge in [0.2, 0.25) is 0 Å². The van der Waals surface area contributed by atoms with E-state index in [0.717, 1.165) is 29.9 Å². The molecule has 3 nitrogen and oxygen atoms in total. The van der Waals surface area contributed by atoms with Crippen molar-refractivity contribution in [3.8, 4) is 5.75 Å². The molecule has 3 heteroatoms. The summed E-state index contributed by atoms with van der Waals surface area (Å²) in [5.41, 5.74) is 2.12. The molecule has 2 unspecified atom stereocenters. The molecule has 1 aromatic rings. The van der Waals surface area contributed by atoms with Crippen molar-refractivity contribution >= 4 is 0 Å². The summed E-state index contributed by atoms with van der Waals surface area (Å²) in [4.78, 5) is 0. The van der Waals surface area contributed by atoms with E-state index in [0.29, 0.717) is 6.61 Å². The van der Waals surface area contributed by atoms with Gasteiger partial charge in [-0.1, -0.05) is 12.1 Å². The van der Waals surface area contributed by atoms with Crippen LogP contribution in [0.5, 0.6) is 5.75 Å². The van der Waals surface area contributed by atoms with Gasteiger partial charge in [-0.3, -0.25) is 0 Å². The van der Waals surface area contributed by atoms with Gasteiger partial charge in [0.05, 0.1) is 13.2 Å². The van der Waals surface area contributed by atoms with Gasteiger partial charge in [-0.25, -0.2) is 0 Å². The molecule has 2 atom stereocenters. The maximum Gasteiger partial charge on any atom is 0.122 e. The molecular weight excluding hydrogens is 180 g/mol. The highest BCUT2D eigenvalue weighted by Crippen LogP contribution is 2.35. The smallest absolute Gasteiger partial charge is 0.122 e. The van der Waals surface area contributed by atoms with Crippen molar-refractivity contribution < 1.29 is 14.6 Å². The van der Waals surface area contributed by atoms with E-state index in [-0.39, 0.29) is 6.10 Å². The van der Waals surface area contributed by atoms with Gasteiger partial charge in [0, 0.05) is 12.0 Å². The minimum absolute atomic E-state index is 0.00194. The Hall–Kier alpha value is -1.06. The summed E-state index contributed by atoms with van der Waals surface area (Å²) < 4.78 is 10.5. The first-order valence-electron chi connectivity index (χ1n) is 4.90. The molecule has 14 heavy (non-hydrogen) atoms. The number of aliphatic hydroxyl groups is 1. The van der Waals surface area contributed by atoms with E-state index in [1.54, 1.807) is 0 Å². The predicted molar refractivity (Wildman–Crippen MR) is 50.3 cm³/mol. The third-order valence-electron chi connectivity index (χ3n) is 2.81. The van der Waals surface area contributed by atoms with E-state index >= 15 is 0 Å². The van der Waals surface area contributed by atoms with E-state index in [2.05, 4.69) is 0 Å². The molecule has 1 fully saturated rings. The third kappa shape index (κ3) is 1.21. The molecule has 0 bridgehead atoms. The van der Waals surface area contributed by atoms with E-state index in [4.69, 9.17) is 9.47 Å². The largest absolute Gasteiger partial charge is 0.493 e. The zero-order valence-corrected chi connectivity index (χ0v) is 7.77. The van der Waals surface area contributed by atoms with Crippen molar-refractivity contribution in [1.29, 1.82) is 0 Å². The van der Waals surface area contributed by atoms with Crippen molar-refractivity contribution in [3.63, 3.8) is 0 Å². The Labute approximate surface area is 82.3 Å². The van der Waals surface area contributed by atoms with Crippen LogP contribution < -0.4 is 4.74 Å².